The molecule has 2 rings (SSSR count). The van der Waals surface area contributed by atoms with Crippen LogP contribution in [0.5, 0.6) is 0 Å². The zero-order chi connectivity index (χ0) is 19.4. The van der Waals surface area contributed by atoms with Crippen molar-refractivity contribution in [3.05, 3.63) is 29.8 Å². The average molecular weight is 374 g/mol. The first-order valence-corrected chi connectivity index (χ1v) is 8.95. The van der Waals surface area contributed by atoms with Gasteiger partial charge in [0.05, 0.1) is 24.9 Å². The number of β-amino-alcohol motifs (C(OH)–C–C–N with tert-alkyl or cyclic N) is 1. The number of alkyl halides is 3. The summed E-state index contributed by atoms with van der Waals surface area (Å²) in [6, 6.07) is 5.44. The predicted octanol–water partition coefficient (Wildman–Crippen LogP) is 3.25. The summed E-state index contributed by atoms with van der Waals surface area (Å²) in [5.74, 6) is 0. The van der Waals surface area contributed by atoms with Crippen molar-refractivity contribution < 1.29 is 23.0 Å². The highest BCUT2D eigenvalue weighted by Crippen LogP contribution is 2.31. The Bertz CT molecular complexity index is 565. The van der Waals surface area contributed by atoms with Crippen LogP contribution in [0.15, 0.2) is 24.3 Å². The third kappa shape index (κ3) is 6.78. The quantitative estimate of drug-likeness (QED) is 0.829. The highest BCUT2D eigenvalue weighted by atomic mass is 19.4. The van der Waals surface area contributed by atoms with Gasteiger partial charge in [-0.3, -0.25) is 4.90 Å². The Morgan fingerprint density at radius 2 is 1.77 bits per heavy atom. The van der Waals surface area contributed by atoms with Crippen LogP contribution in [0.1, 0.15) is 26.3 Å². The van der Waals surface area contributed by atoms with Gasteiger partial charge in [-0.1, -0.05) is 26.8 Å². The molecule has 1 aliphatic heterocycles. The lowest BCUT2D eigenvalue weighted by molar-refractivity contribution is -0.137. The molecule has 1 N–H and O–H groups in total. The van der Waals surface area contributed by atoms with E-state index in [0.29, 0.717) is 51.6 Å². The normalized spacial score (nSPS) is 18.2. The van der Waals surface area contributed by atoms with Crippen LogP contribution in [-0.4, -0.2) is 62.0 Å². The lowest BCUT2D eigenvalue weighted by atomic mass is 9.99. The molecule has 148 valence electrons. The maximum absolute atomic E-state index is 12.8. The molecule has 1 heterocycles. The largest absolute Gasteiger partial charge is 0.416 e. The van der Waals surface area contributed by atoms with Crippen LogP contribution in [0.2, 0.25) is 0 Å². The van der Waals surface area contributed by atoms with Crippen LogP contribution >= 0.6 is 0 Å². The van der Waals surface area contributed by atoms with Gasteiger partial charge in [-0.2, -0.15) is 13.2 Å². The van der Waals surface area contributed by atoms with Crippen LogP contribution in [0, 0.1) is 5.41 Å². The molecule has 1 saturated heterocycles. The lowest BCUT2D eigenvalue weighted by Gasteiger charge is -2.37. The Balaban J connectivity index is 1.78. The van der Waals surface area contributed by atoms with E-state index in [0.717, 1.165) is 6.07 Å². The summed E-state index contributed by atoms with van der Waals surface area (Å²) in [4.78, 5) is 4.07. The Labute approximate surface area is 153 Å². The Kier molecular flexibility index (Phi) is 6.93. The first-order chi connectivity index (χ1) is 12.0. The summed E-state index contributed by atoms with van der Waals surface area (Å²) < 4.78 is 44.1. The molecule has 0 aliphatic carbocycles. The van der Waals surface area contributed by atoms with E-state index in [1.54, 1.807) is 6.07 Å². The fourth-order valence-corrected chi connectivity index (χ4v) is 2.92. The molecule has 0 aromatic heterocycles. The third-order valence-corrected chi connectivity index (χ3v) is 4.23. The number of anilines is 1. The number of benzene rings is 1. The topological polar surface area (TPSA) is 35.9 Å². The van der Waals surface area contributed by atoms with E-state index in [1.807, 2.05) is 4.90 Å². The number of halogens is 3. The molecule has 0 amide bonds. The minimum atomic E-state index is -4.32. The number of rotatable bonds is 6. The van der Waals surface area contributed by atoms with Gasteiger partial charge in [0.15, 0.2) is 0 Å². The van der Waals surface area contributed by atoms with Gasteiger partial charge in [0.1, 0.15) is 0 Å². The molecule has 1 atom stereocenters. The van der Waals surface area contributed by atoms with Gasteiger partial charge in [0.25, 0.3) is 0 Å². The molecule has 0 saturated carbocycles. The van der Waals surface area contributed by atoms with E-state index in [-0.39, 0.29) is 5.41 Å². The molecule has 7 heteroatoms. The summed E-state index contributed by atoms with van der Waals surface area (Å²) in [6.07, 6.45) is -4.88. The van der Waals surface area contributed by atoms with Gasteiger partial charge in [-0.15, -0.1) is 0 Å². The van der Waals surface area contributed by atoms with Crippen molar-refractivity contribution in [3.63, 3.8) is 0 Å². The van der Waals surface area contributed by atoms with E-state index < -0.39 is 17.8 Å². The van der Waals surface area contributed by atoms with Crippen LogP contribution < -0.4 is 4.90 Å². The second-order valence-electron chi connectivity index (χ2n) is 8.07. The van der Waals surface area contributed by atoms with Crippen LogP contribution in [0.3, 0.4) is 0 Å². The first kappa shape index (κ1) is 21.0. The summed E-state index contributed by atoms with van der Waals surface area (Å²) in [5.41, 5.74) is 0.0356. The van der Waals surface area contributed by atoms with Crippen molar-refractivity contribution in [2.24, 2.45) is 5.41 Å². The molecule has 0 bridgehead atoms. The Hall–Kier alpha value is -1.31. The van der Waals surface area contributed by atoms with E-state index in [4.69, 9.17) is 4.74 Å². The van der Waals surface area contributed by atoms with Gasteiger partial charge < -0.3 is 14.7 Å². The molecule has 1 aliphatic rings. The van der Waals surface area contributed by atoms with Crippen molar-refractivity contribution in [1.82, 2.24) is 4.90 Å². The third-order valence-electron chi connectivity index (χ3n) is 4.23. The van der Waals surface area contributed by atoms with Gasteiger partial charge in [0, 0.05) is 38.4 Å². The van der Waals surface area contributed by atoms with Crippen molar-refractivity contribution >= 4 is 5.69 Å². The van der Waals surface area contributed by atoms with E-state index in [2.05, 4.69) is 25.7 Å². The SMILES string of the molecule is CC(C)(C)COCC(O)CN1CCN(c2cccc(C(F)(F)F)c2)CC1. The molecule has 0 spiro atoms. The van der Waals surface area contributed by atoms with Crippen molar-refractivity contribution in [1.29, 1.82) is 0 Å². The van der Waals surface area contributed by atoms with Gasteiger partial charge in [-0.05, 0) is 23.6 Å². The Morgan fingerprint density at radius 1 is 1.12 bits per heavy atom. The van der Waals surface area contributed by atoms with Crippen molar-refractivity contribution in [3.8, 4) is 0 Å². The molecule has 26 heavy (non-hydrogen) atoms. The minimum absolute atomic E-state index is 0.0658. The molecule has 1 unspecified atom stereocenters. The van der Waals surface area contributed by atoms with Crippen molar-refractivity contribution in [2.45, 2.75) is 33.1 Å². The number of nitrogens with zero attached hydrogens (tertiary/aromatic N) is 2. The molecule has 0 radical (unpaired) electrons. The van der Waals surface area contributed by atoms with Crippen molar-refractivity contribution in [2.75, 3.05) is 50.8 Å². The molecule has 1 aromatic carbocycles. The minimum Gasteiger partial charge on any atom is -0.389 e. The maximum Gasteiger partial charge on any atom is 0.416 e. The zero-order valence-electron chi connectivity index (χ0n) is 15.7. The average Bonchev–Trinajstić information content (AvgIpc) is 2.53. The molecular formula is C19H29F3N2O2. The van der Waals surface area contributed by atoms with Gasteiger partial charge >= 0.3 is 6.18 Å². The molecule has 1 fully saturated rings. The number of aliphatic hydroxyl groups is 1. The fraction of sp³-hybridized carbons (Fsp3) is 0.684. The summed E-state index contributed by atoms with van der Waals surface area (Å²) in [5, 5.41) is 10.1. The second kappa shape index (κ2) is 8.59. The highest BCUT2D eigenvalue weighted by Gasteiger charge is 2.31. The van der Waals surface area contributed by atoms with E-state index >= 15 is 0 Å². The van der Waals surface area contributed by atoms with Crippen LogP contribution in [0.25, 0.3) is 0 Å². The van der Waals surface area contributed by atoms with E-state index in [9.17, 15) is 18.3 Å². The predicted molar refractivity (Wildman–Crippen MR) is 96.4 cm³/mol. The lowest BCUT2D eigenvalue weighted by Crippen LogP contribution is -2.49. The molecule has 1 aromatic rings. The second-order valence-corrected chi connectivity index (χ2v) is 8.07. The smallest absolute Gasteiger partial charge is 0.389 e. The number of aliphatic hydroxyl groups excluding tert-OH is 1. The standard InChI is InChI=1S/C19H29F3N2O2/c1-18(2,3)14-26-13-17(25)12-23-7-9-24(10-8-23)16-6-4-5-15(11-16)19(20,21)22/h4-6,11,17,25H,7-10,12-14H2,1-3H3. The monoisotopic (exact) mass is 374 g/mol. The highest BCUT2D eigenvalue weighted by molar-refractivity contribution is 5.49. The number of piperazine rings is 1. The zero-order valence-corrected chi connectivity index (χ0v) is 15.7. The number of ether oxygens (including phenoxy) is 1. The number of hydrogen-bond acceptors (Lipinski definition) is 4. The Morgan fingerprint density at radius 3 is 2.35 bits per heavy atom. The summed E-state index contributed by atoms with van der Waals surface area (Å²) in [6.45, 7) is 10.3. The summed E-state index contributed by atoms with van der Waals surface area (Å²) >= 11 is 0. The molecule has 4 nitrogen and oxygen atoms in total. The maximum atomic E-state index is 12.8. The van der Waals surface area contributed by atoms with Crippen LogP contribution in [0.4, 0.5) is 18.9 Å². The van der Waals surface area contributed by atoms with E-state index in [1.165, 1.54) is 12.1 Å². The van der Waals surface area contributed by atoms with Gasteiger partial charge in [-0.25, -0.2) is 0 Å². The molecular weight excluding hydrogens is 345 g/mol. The first-order valence-electron chi connectivity index (χ1n) is 8.95. The van der Waals surface area contributed by atoms with Gasteiger partial charge in [0.2, 0.25) is 0 Å². The summed E-state index contributed by atoms with van der Waals surface area (Å²) in [7, 11) is 0. The number of hydrogen-bond donors (Lipinski definition) is 1. The fourth-order valence-electron chi connectivity index (χ4n) is 2.92. The van der Waals surface area contributed by atoms with Crippen LogP contribution in [-0.2, 0) is 10.9 Å².